The van der Waals surface area contributed by atoms with Crippen LogP contribution in [0.5, 0.6) is 0 Å². The quantitative estimate of drug-likeness (QED) is 0.0572. The first-order valence-corrected chi connectivity index (χ1v) is 25.7. The van der Waals surface area contributed by atoms with Crippen LogP contribution in [0.4, 0.5) is 0 Å². The lowest BCUT2D eigenvalue weighted by Gasteiger charge is -2.42. The molecule has 0 aromatic carbocycles. The van der Waals surface area contributed by atoms with Gasteiger partial charge in [0.05, 0.1) is 13.2 Å². The molecular weight excluding hydrogens is 549 g/mol. The Hall–Kier alpha value is -0.832. The summed E-state index contributed by atoms with van der Waals surface area (Å²) in [5.74, 6) is -0.680. The van der Waals surface area contributed by atoms with E-state index in [2.05, 4.69) is 65.9 Å². The number of carbonyl (C=O) groups excluding carboxylic acids is 2. The van der Waals surface area contributed by atoms with E-state index < -0.39 is 33.8 Å². The molecule has 222 valence electrons. The molecule has 0 N–H and O–H groups in total. The molecule has 11 heteroatoms. The number of unbranched alkanes of at least 4 members (excludes halogenated alkanes) is 3. The van der Waals surface area contributed by atoms with E-state index in [4.69, 9.17) is 21.8 Å². The van der Waals surface area contributed by atoms with Crippen molar-refractivity contribution in [3.63, 3.8) is 0 Å². The zero-order chi connectivity index (χ0) is 29.6. The van der Waals surface area contributed by atoms with Crippen molar-refractivity contribution in [1.82, 2.24) is 0 Å². The third-order valence-electron chi connectivity index (χ3n) is 5.97. The molecule has 0 spiro atoms. The van der Waals surface area contributed by atoms with E-state index in [0.717, 1.165) is 37.4 Å². The summed E-state index contributed by atoms with van der Waals surface area (Å²) in [6.07, 6.45) is 6.21. The van der Waals surface area contributed by atoms with E-state index in [1.807, 2.05) is 0 Å². The van der Waals surface area contributed by atoms with Crippen LogP contribution in [0.15, 0.2) is 24.3 Å². The number of hydrogen-bond donors (Lipinski definition) is 0. The minimum Gasteiger partial charge on any atom is -0.462 e. The van der Waals surface area contributed by atoms with Gasteiger partial charge < -0.3 is 21.8 Å². The van der Waals surface area contributed by atoms with Gasteiger partial charge in [0.25, 0.3) is 0 Å². The minimum atomic E-state index is -2.52. The minimum absolute atomic E-state index is 0.338. The first kappa shape index (κ1) is 37.2. The van der Waals surface area contributed by atoms with Crippen LogP contribution < -0.4 is 0 Å². The number of rotatable bonds is 21. The molecule has 0 aromatic heterocycles. The molecule has 0 bridgehead atoms. The highest BCUT2D eigenvalue weighted by Crippen LogP contribution is 2.31. The molecule has 1 unspecified atom stereocenters. The van der Waals surface area contributed by atoms with Crippen molar-refractivity contribution in [2.24, 2.45) is 0 Å². The molecule has 0 radical (unpaired) electrons. The fraction of sp³-hybridized carbons (Fsp3) is 0.778. The summed E-state index contributed by atoms with van der Waals surface area (Å²) in [7, 11) is -9.11. The van der Waals surface area contributed by atoms with Crippen LogP contribution >= 0.6 is 0 Å². The van der Waals surface area contributed by atoms with Gasteiger partial charge in [-0.3, -0.25) is 0 Å². The number of esters is 2. The Labute approximate surface area is 237 Å². The number of carbonyl (C=O) groups is 2. The van der Waals surface area contributed by atoms with Crippen molar-refractivity contribution in [2.45, 2.75) is 123 Å². The zero-order valence-corrected chi connectivity index (χ0v) is 30.1. The van der Waals surface area contributed by atoms with Crippen LogP contribution in [0, 0.1) is 0 Å². The average molecular weight is 605 g/mol. The van der Waals surface area contributed by atoms with Crippen molar-refractivity contribution < 1.29 is 31.4 Å². The Bertz CT molecular complexity index is 783. The Morgan fingerprint density at radius 3 is 1.47 bits per heavy atom. The molecule has 1 atom stereocenters. The largest absolute Gasteiger partial charge is 0.462 e. The smallest absolute Gasteiger partial charge is 0.333 e. The second-order valence-corrected chi connectivity index (χ2v) is 28.3. The lowest BCUT2D eigenvalue weighted by Crippen LogP contribution is -2.57. The van der Waals surface area contributed by atoms with E-state index in [0.29, 0.717) is 24.4 Å². The average Bonchev–Trinajstić information content (AvgIpc) is 2.75. The molecule has 0 saturated heterocycles. The van der Waals surface area contributed by atoms with Gasteiger partial charge in [0.1, 0.15) is 0 Å². The molecule has 0 amide bonds. The molecule has 7 nitrogen and oxygen atoms in total. The van der Waals surface area contributed by atoms with Gasteiger partial charge in [-0.2, -0.15) is 0 Å². The van der Waals surface area contributed by atoms with Crippen molar-refractivity contribution in [3.05, 3.63) is 24.3 Å². The standard InChI is InChI=1S/C27H56O7Si4/c1-13-14-15-16-23-38(12,33-36(8,9)22-18-20-31-27(29)25(4)5)34-37(10,11)32-35(6,7)21-17-19-30-26(28)24(2)3/h2,4,13-23H2,1,3,5-12H3. The Balaban J connectivity index is 5.21. The molecule has 38 heavy (non-hydrogen) atoms. The SMILES string of the molecule is C=C(C)C(=O)OCCC[Si](C)(C)O[Si](C)(C)O[Si](C)(CCCCCC)O[Si](C)(C)CCCOC(=O)C(=C)C. The van der Waals surface area contributed by atoms with E-state index >= 15 is 0 Å². The Morgan fingerprint density at radius 1 is 0.605 bits per heavy atom. The van der Waals surface area contributed by atoms with Crippen LogP contribution in [0.25, 0.3) is 0 Å². The fourth-order valence-electron chi connectivity index (χ4n) is 4.46. The van der Waals surface area contributed by atoms with Crippen LogP contribution in [-0.2, 0) is 31.4 Å². The predicted molar refractivity (Wildman–Crippen MR) is 167 cm³/mol. The van der Waals surface area contributed by atoms with Gasteiger partial charge in [0.2, 0.25) is 0 Å². The molecule has 0 aromatic rings. The van der Waals surface area contributed by atoms with E-state index in [-0.39, 0.29) is 11.9 Å². The second kappa shape index (κ2) is 17.1. The zero-order valence-electron chi connectivity index (χ0n) is 26.1. The molecule has 0 saturated carbocycles. The van der Waals surface area contributed by atoms with Crippen molar-refractivity contribution in [3.8, 4) is 0 Å². The third kappa shape index (κ3) is 17.7. The van der Waals surface area contributed by atoms with E-state index in [9.17, 15) is 9.59 Å². The maximum Gasteiger partial charge on any atom is 0.333 e. The number of ether oxygens (including phenoxy) is 2. The molecule has 0 heterocycles. The van der Waals surface area contributed by atoms with E-state index in [1.54, 1.807) is 13.8 Å². The molecule has 0 aliphatic heterocycles. The molecule has 0 aliphatic rings. The predicted octanol–water partition coefficient (Wildman–Crippen LogP) is 7.82. The maximum absolute atomic E-state index is 11.7. The first-order valence-electron chi connectivity index (χ1n) is 14.1. The highest BCUT2D eigenvalue weighted by atomic mass is 28.5. The first-order chi connectivity index (χ1) is 17.3. The highest BCUT2D eigenvalue weighted by Gasteiger charge is 2.45. The summed E-state index contributed by atoms with van der Waals surface area (Å²) < 4.78 is 31.2. The van der Waals surface area contributed by atoms with Crippen LogP contribution in [-0.4, -0.2) is 58.9 Å². The van der Waals surface area contributed by atoms with Gasteiger partial charge in [-0.1, -0.05) is 45.8 Å². The van der Waals surface area contributed by atoms with Crippen molar-refractivity contribution in [2.75, 3.05) is 13.2 Å². The van der Waals surface area contributed by atoms with Gasteiger partial charge in [0, 0.05) is 11.1 Å². The summed E-state index contributed by atoms with van der Waals surface area (Å²) in [6.45, 7) is 28.9. The van der Waals surface area contributed by atoms with E-state index in [1.165, 1.54) is 19.3 Å². The summed E-state index contributed by atoms with van der Waals surface area (Å²) >= 11 is 0. The molecule has 0 aliphatic carbocycles. The van der Waals surface area contributed by atoms with Crippen molar-refractivity contribution >= 4 is 45.7 Å². The molecular formula is C27H56O7Si4. The van der Waals surface area contributed by atoms with Gasteiger partial charge in [0.15, 0.2) is 16.6 Å². The van der Waals surface area contributed by atoms with Crippen LogP contribution in [0.1, 0.15) is 59.3 Å². The van der Waals surface area contributed by atoms with Crippen LogP contribution in [0.3, 0.4) is 0 Å². The highest BCUT2D eigenvalue weighted by molar-refractivity contribution is 6.89. The third-order valence-corrected chi connectivity index (χ3v) is 22.2. The maximum atomic E-state index is 11.7. The Kier molecular flexibility index (Phi) is 16.7. The van der Waals surface area contributed by atoms with Gasteiger partial charge in [-0.15, -0.1) is 0 Å². The normalized spacial score (nSPS) is 14.1. The lowest BCUT2D eigenvalue weighted by molar-refractivity contribution is -0.139. The summed E-state index contributed by atoms with van der Waals surface area (Å²) in [5.41, 5.74) is 0.840. The topological polar surface area (TPSA) is 80.3 Å². The molecule has 0 rings (SSSR count). The monoisotopic (exact) mass is 604 g/mol. The fourth-order valence-corrected chi connectivity index (χ4v) is 24.2. The van der Waals surface area contributed by atoms with Gasteiger partial charge >= 0.3 is 29.1 Å². The van der Waals surface area contributed by atoms with Gasteiger partial charge in [-0.25, -0.2) is 9.59 Å². The Morgan fingerprint density at radius 2 is 1.05 bits per heavy atom. The lowest BCUT2D eigenvalue weighted by atomic mass is 10.2. The van der Waals surface area contributed by atoms with Crippen LogP contribution in [0.2, 0.25) is 64.0 Å². The molecule has 0 fully saturated rings. The van der Waals surface area contributed by atoms with Crippen molar-refractivity contribution in [1.29, 1.82) is 0 Å². The van der Waals surface area contributed by atoms with Gasteiger partial charge in [-0.05, 0) is 90.7 Å². The second-order valence-electron chi connectivity index (χ2n) is 12.2. The summed E-state index contributed by atoms with van der Waals surface area (Å²) in [4.78, 5) is 23.3. The summed E-state index contributed by atoms with van der Waals surface area (Å²) in [6, 6.07) is 2.73. The number of hydrogen-bond acceptors (Lipinski definition) is 7. The summed E-state index contributed by atoms with van der Waals surface area (Å²) in [5, 5.41) is 0.